The normalized spacial score (nSPS) is 12.9. The zero-order chi connectivity index (χ0) is 28.3. The Bertz CT molecular complexity index is 1030. The third kappa shape index (κ3) is 10.2. The molecule has 3 amide bonds. The fourth-order valence-electron chi connectivity index (χ4n) is 4.18. The van der Waals surface area contributed by atoms with Crippen molar-refractivity contribution in [3.8, 4) is 0 Å². The number of nitrogens with one attached hydrogen (secondary N) is 2. The Labute approximate surface area is 228 Å². The molecule has 2 atom stereocenters. The highest BCUT2D eigenvalue weighted by molar-refractivity contribution is 5.92. The van der Waals surface area contributed by atoms with Crippen LogP contribution in [0.25, 0.3) is 0 Å². The number of benzene rings is 2. The number of ether oxygens (including phenoxy) is 1. The topological polar surface area (TPSA) is 87.7 Å². The van der Waals surface area contributed by atoms with Gasteiger partial charge in [0.15, 0.2) is 0 Å². The molecule has 0 radical (unpaired) electrons. The molecule has 2 aromatic carbocycles. The number of unbranched alkanes of at least 4 members (excludes halogenated alkanes) is 2. The summed E-state index contributed by atoms with van der Waals surface area (Å²) in [6, 6.07) is 15.4. The number of rotatable bonds is 12. The van der Waals surface area contributed by atoms with Gasteiger partial charge in [0.2, 0.25) is 11.8 Å². The van der Waals surface area contributed by atoms with Crippen molar-refractivity contribution >= 4 is 17.9 Å². The lowest BCUT2D eigenvalue weighted by atomic mass is 9.99. The van der Waals surface area contributed by atoms with E-state index in [1.54, 1.807) is 25.7 Å². The fraction of sp³-hybridized carbons (Fsp3) is 0.516. The Morgan fingerprint density at radius 2 is 1.55 bits per heavy atom. The number of aryl methyl sites for hydroxylation is 1. The van der Waals surface area contributed by atoms with E-state index in [1.165, 1.54) is 0 Å². The van der Waals surface area contributed by atoms with Crippen LogP contribution in [0.2, 0.25) is 0 Å². The molecule has 0 heterocycles. The minimum Gasteiger partial charge on any atom is -0.444 e. The first-order valence-electron chi connectivity index (χ1n) is 13.6. The third-order valence-corrected chi connectivity index (χ3v) is 5.94. The van der Waals surface area contributed by atoms with Crippen molar-refractivity contribution in [2.45, 2.75) is 97.9 Å². The molecular weight excluding hydrogens is 478 g/mol. The van der Waals surface area contributed by atoms with Gasteiger partial charge in [-0.05, 0) is 59.1 Å². The van der Waals surface area contributed by atoms with Gasteiger partial charge < -0.3 is 20.3 Å². The summed E-state index contributed by atoms with van der Waals surface area (Å²) in [5.74, 6) is -0.565. The van der Waals surface area contributed by atoms with Gasteiger partial charge in [-0.15, -0.1) is 0 Å². The van der Waals surface area contributed by atoms with Crippen molar-refractivity contribution in [2.75, 3.05) is 6.54 Å². The minimum absolute atomic E-state index is 0.0944. The molecule has 7 nitrogen and oxygen atoms in total. The molecule has 0 aliphatic heterocycles. The zero-order valence-corrected chi connectivity index (χ0v) is 24.0. The summed E-state index contributed by atoms with van der Waals surface area (Å²) in [4.78, 5) is 42.3. The molecule has 0 bridgehead atoms. The second-order valence-electron chi connectivity index (χ2n) is 11.1. The summed E-state index contributed by atoms with van der Waals surface area (Å²) < 4.78 is 5.49. The van der Waals surface area contributed by atoms with Crippen LogP contribution in [0.5, 0.6) is 0 Å². The van der Waals surface area contributed by atoms with E-state index in [4.69, 9.17) is 4.74 Å². The van der Waals surface area contributed by atoms with Crippen LogP contribution in [0, 0.1) is 6.92 Å². The number of hydrogen-bond acceptors (Lipinski definition) is 4. The van der Waals surface area contributed by atoms with Gasteiger partial charge in [0.25, 0.3) is 0 Å². The van der Waals surface area contributed by atoms with Crippen LogP contribution in [0.15, 0.2) is 54.6 Å². The summed E-state index contributed by atoms with van der Waals surface area (Å²) >= 11 is 0. The van der Waals surface area contributed by atoms with Crippen LogP contribution in [0.3, 0.4) is 0 Å². The van der Waals surface area contributed by atoms with Gasteiger partial charge in [0.05, 0.1) is 0 Å². The number of amides is 3. The molecule has 0 aliphatic rings. The Morgan fingerprint density at radius 1 is 0.921 bits per heavy atom. The maximum atomic E-state index is 14.3. The van der Waals surface area contributed by atoms with E-state index in [0.29, 0.717) is 6.54 Å². The Balaban J connectivity index is 2.52. The first kappa shape index (κ1) is 30.9. The quantitative estimate of drug-likeness (QED) is 0.349. The SMILES string of the molecule is CCCCCN(C(=O)C(Cc1ccccc1)NC(=O)OC(C)(C)C)C(C(=O)NC(C)C)c1ccc(C)cc1. The monoisotopic (exact) mass is 523 g/mol. The maximum Gasteiger partial charge on any atom is 0.408 e. The lowest BCUT2D eigenvalue weighted by Crippen LogP contribution is -2.54. The van der Waals surface area contributed by atoms with Crippen LogP contribution in [-0.4, -0.2) is 47.0 Å². The molecule has 2 rings (SSSR count). The molecule has 0 saturated carbocycles. The summed E-state index contributed by atoms with van der Waals surface area (Å²) in [5, 5.41) is 5.80. The highest BCUT2D eigenvalue weighted by Gasteiger charge is 2.36. The highest BCUT2D eigenvalue weighted by atomic mass is 16.6. The van der Waals surface area contributed by atoms with Gasteiger partial charge >= 0.3 is 6.09 Å². The lowest BCUT2D eigenvalue weighted by Gasteiger charge is -2.35. The van der Waals surface area contributed by atoms with Crippen molar-refractivity contribution in [3.63, 3.8) is 0 Å². The predicted molar refractivity (Wildman–Crippen MR) is 152 cm³/mol. The lowest BCUT2D eigenvalue weighted by molar-refractivity contribution is -0.142. The van der Waals surface area contributed by atoms with Gasteiger partial charge in [-0.3, -0.25) is 9.59 Å². The molecule has 0 spiro atoms. The number of hydrogen-bond donors (Lipinski definition) is 2. The Hall–Kier alpha value is -3.35. The standard InChI is InChI=1S/C31H45N3O4/c1-8-9-13-20-34(27(28(35)32-22(2)3)25-18-16-23(4)17-19-25)29(36)26(21-24-14-11-10-12-15-24)33-30(37)38-31(5,6)7/h10-12,14-19,22,26-27H,8-9,13,20-21H2,1-7H3,(H,32,35)(H,33,37). The van der Waals surface area contributed by atoms with E-state index < -0.39 is 23.8 Å². The van der Waals surface area contributed by atoms with E-state index in [1.807, 2.05) is 75.4 Å². The maximum absolute atomic E-state index is 14.3. The van der Waals surface area contributed by atoms with Crippen LogP contribution in [-0.2, 0) is 20.7 Å². The number of carbonyl (C=O) groups is 3. The Morgan fingerprint density at radius 3 is 2.11 bits per heavy atom. The van der Waals surface area contributed by atoms with Crippen molar-refractivity contribution in [1.29, 1.82) is 0 Å². The fourth-order valence-corrected chi connectivity index (χ4v) is 4.18. The van der Waals surface area contributed by atoms with Gasteiger partial charge in [-0.25, -0.2) is 4.79 Å². The predicted octanol–water partition coefficient (Wildman–Crippen LogP) is 5.72. The highest BCUT2D eigenvalue weighted by Crippen LogP contribution is 2.25. The second-order valence-corrected chi connectivity index (χ2v) is 11.1. The van der Waals surface area contributed by atoms with Crippen LogP contribution in [0.1, 0.15) is 83.5 Å². The molecule has 0 aromatic heterocycles. The first-order chi connectivity index (χ1) is 17.9. The van der Waals surface area contributed by atoms with Crippen molar-refractivity contribution < 1.29 is 19.1 Å². The summed E-state index contributed by atoms with van der Waals surface area (Å²) in [6.45, 7) is 13.6. The average Bonchev–Trinajstić information content (AvgIpc) is 2.82. The molecule has 0 fully saturated rings. The molecule has 0 aliphatic carbocycles. The molecular formula is C31H45N3O4. The van der Waals surface area contributed by atoms with Crippen molar-refractivity contribution in [3.05, 3.63) is 71.3 Å². The number of alkyl carbamates (subject to hydrolysis) is 1. The molecule has 2 N–H and O–H groups in total. The second kappa shape index (κ2) is 14.6. The van der Waals surface area contributed by atoms with Crippen LogP contribution < -0.4 is 10.6 Å². The molecule has 0 saturated heterocycles. The summed E-state index contributed by atoms with van der Waals surface area (Å²) in [6.07, 6.45) is 2.23. The summed E-state index contributed by atoms with van der Waals surface area (Å²) in [5.41, 5.74) is 1.98. The number of nitrogens with zero attached hydrogens (tertiary/aromatic N) is 1. The molecule has 2 aromatic rings. The van der Waals surface area contributed by atoms with Gasteiger partial charge in [-0.2, -0.15) is 0 Å². The van der Waals surface area contributed by atoms with Crippen LogP contribution in [0.4, 0.5) is 4.79 Å². The Kier molecular flexibility index (Phi) is 11.8. The van der Waals surface area contributed by atoms with E-state index >= 15 is 0 Å². The van der Waals surface area contributed by atoms with Crippen molar-refractivity contribution in [2.24, 2.45) is 0 Å². The van der Waals surface area contributed by atoms with Gasteiger partial charge in [-0.1, -0.05) is 79.9 Å². The zero-order valence-electron chi connectivity index (χ0n) is 24.0. The van der Waals surface area contributed by atoms with Gasteiger partial charge in [0, 0.05) is 19.0 Å². The van der Waals surface area contributed by atoms with E-state index in [-0.39, 0.29) is 24.3 Å². The van der Waals surface area contributed by atoms with Gasteiger partial charge in [0.1, 0.15) is 17.7 Å². The molecule has 2 unspecified atom stereocenters. The smallest absolute Gasteiger partial charge is 0.408 e. The average molecular weight is 524 g/mol. The minimum atomic E-state index is -0.909. The van der Waals surface area contributed by atoms with E-state index in [0.717, 1.165) is 36.0 Å². The number of carbonyl (C=O) groups excluding carboxylic acids is 3. The molecule has 38 heavy (non-hydrogen) atoms. The summed E-state index contributed by atoms with van der Waals surface area (Å²) in [7, 11) is 0. The largest absolute Gasteiger partial charge is 0.444 e. The molecule has 208 valence electrons. The van der Waals surface area contributed by atoms with E-state index in [2.05, 4.69) is 17.6 Å². The van der Waals surface area contributed by atoms with Crippen LogP contribution >= 0.6 is 0 Å². The first-order valence-corrected chi connectivity index (χ1v) is 13.6. The molecule has 7 heteroatoms. The van der Waals surface area contributed by atoms with E-state index in [9.17, 15) is 14.4 Å². The van der Waals surface area contributed by atoms with Crippen molar-refractivity contribution in [1.82, 2.24) is 15.5 Å². The third-order valence-electron chi connectivity index (χ3n) is 5.94.